The number of phenolic OH excluding ortho intramolecular Hbond substituents is 1. The second-order valence-electron chi connectivity index (χ2n) is 5.25. The quantitative estimate of drug-likeness (QED) is 0.664. The van der Waals surface area contributed by atoms with Crippen molar-refractivity contribution in [3.63, 3.8) is 0 Å². The van der Waals surface area contributed by atoms with Gasteiger partial charge in [0.05, 0.1) is 11.0 Å². The first-order valence-corrected chi connectivity index (χ1v) is 6.97. The largest absolute Gasteiger partial charge is 0.508 e. The predicted octanol–water partition coefficient (Wildman–Crippen LogP) is 3.79. The molecule has 2 aromatic rings. The Bertz CT molecular complexity index is 685. The van der Waals surface area contributed by atoms with Gasteiger partial charge in [-0.1, -0.05) is 18.2 Å². The number of hydrogen-bond donors (Lipinski definition) is 2. The Morgan fingerprint density at radius 2 is 2.05 bits per heavy atom. The van der Waals surface area contributed by atoms with Crippen molar-refractivity contribution >= 4 is 11.4 Å². The van der Waals surface area contributed by atoms with Gasteiger partial charge in [0, 0.05) is 6.07 Å². The Kier molecular flexibility index (Phi) is 3.48. The minimum Gasteiger partial charge on any atom is -0.508 e. The molecule has 0 amide bonds. The highest BCUT2D eigenvalue weighted by Gasteiger charge is 2.23. The molecule has 2 N–H and O–H groups in total. The standard InChI is InChI=1S/C16H16N2O3/c19-12-9-8-11-4-3-6-14(13(11)10-12)17-15-5-1-2-7-16(15)18(20)21/h1-2,5,7-10,14,17,19H,3-4,6H2. The van der Waals surface area contributed by atoms with Crippen molar-refractivity contribution in [1.82, 2.24) is 0 Å². The van der Waals surface area contributed by atoms with Crippen LogP contribution >= 0.6 is 0 Å². The summed E-state index contributed by atoms with van der Waals surface area (Å²) in [5.41, 5.74) is 2.81. The summed E-state index contributed by atoms with van der Waals surface area (Å²) in [5.74, 6) is 0.227. The summed E-state index contributed by atoms with van der Waals surface area (Å²) in [6.07, 6.45) is 2.89. The second-order valence-corrected chi connectivity index (χ2v) is 5.25. The number of phenols is 1. The predicted molar refractivity (Wildman–Crippen MR) is 80.5 cm³/mol. The SMILES string of the molecule is O=[N+]([O-])c1ccccc1NC1CCCc2ccc(O)cc21. The zero-order valence-corrected chi connectivity index (χ0v) is 11.5. The minimum absolute atomic E-state index is 0.0121. The summed E-state index contributed by atoms with van der Waals surface area (Å²) in [7, 11) is 0. The maximum atomic E-state index is 11.1. The average Bonchev–Trinajstić information content (AvgIpc) is 2.48. The molecule has 5 heteroatoms. The van der Waals surface area contributed by atoms with Crippen molar-refractivity contribution in [2.24, 2.45) is 0 Å². The van der Waals surface area contributed by atoms with Crippen molar-refractivity contribution in [2.45, 2.75) is 25.3 Å². The van der Waals surface area contributed by atoms with E-state index in [-0.39, 0.29) is 22.4 Å². The first-order valence-electron chi connectivity index (χ1n) is 6.97. The number of hydrogen-bond acceptors (Lipinski definition) is 4. The third-order valence-electron chi connectivity index (χ3n) is 3.87. The Morgan fingerprint density at radius 1 is 1.24 bits per heavy atom. The van der Waals surface area contributed by atoms with Gasteiger partial charge in [0.1, 0.15) is 11.4 Å². The lowest BCUT2D eigenvalue weighted by molar-refractivity contribution is -0.384. The Morgan fingerprint density at radius 3 is 2.86 bits per heavy atom. The molecular weight excluding hydrogens is 268 g/mol. The van der Waals surface area contributed by atoms with Crippen LogP contribution < -0.4 is 5.32 Å². The molecular formula is C16H16N2O3. The number of rotatable bonds is 3. The highest BCUT2D eigenvalue weighted by atomic mass is 16.6. The third kappa shape index (κ3) is 2.67. The van der Waals surface area contributed by atoms with Crippen molar-refractivity contribution in [2.75, 3.05) is 5.32 Å². The molecule has 0 heterocycles. The van der Waals surface area contributed by atoms with E-state index in [4.69, 9.17) is 0 Å². The van der Waals surface area contributed by atoms with Gasteiger partial charge in [0.2, 0.25) is 0 Å². The number of anilines is 1. The van der Waals surface area contributed by atoms with Gasteiger partial charge in [0.25, 0.3) is 5.69 Å². The van der Waals surface area contributed by atoms with Crippen LogP contribution in [0.2, 0.25) is 0 Å². The van der Waals surface area contributed by atoms with Crippen molar-refractivity contribution in [3.8, 4) is 5.75 Å². The van der Waals surface area contributed by atoms with E-state index in [1.165, 1.54) is 11.6 Å². The van der Waals surface area contributed by atoms with Crippen LogP contribution in [0.3, 0.4) is 0 Å². The van der Waals surface area contributed by atoms with Crippen LogP contribution in [0.25, 0.3) is 0 Å². The van der Waals surface area contributed by atoms with E-state index in [0.717, 1.165) is 24.8 Å². The number of nitro groups is 1. The third-order valence-corrected chi connectivity index (χ3v) is 3.87. The van der Waals surface area contributed by atoms with Crippen LogP contribution in [0.4, 0.5) is 11.4 Å². The van der Waals surface area contributed by atoms with Crippen molar-refractivity contribution in [3.05, 3.63) is 63.7 Å². The van der Waals surface area contributed by atoms with Gasteiger partial charge in [-0.15, -0.1) is 0 Å². The molecule has 3 rings (SSSR count). The molecule has 0 radical (unpaired) electrons. The van der Waals surface area contributed by atoms with E-state index in [1.807, 2.05) is 6.07 Å². The molecule has 0 saturated heterocycles. The molecule has 108 valence electrons. The van der Waals surface area contributed by atoms with Gasteiger partial charge in [-0.2, -0.15) is 0 Å². The van der Waals surface area contributed by atoms with E-state index in [9.17, 15) is 15.2 Å². The van der Waals surface area contributed by atoms with Crippen LogP contribution in [-0.4, -0.2) is 10.0 Å². The average molecular weight is 284 g/mol. The van der Waals surface area contributed by atoms with E-state index in [2.05, 4.69) is 5.32 Å². The molecule has 0 bridgehead atoms. The summed E-state index contributed by atoms with van der Waals surface area (Å²) in [6, 6.07) is 12.0. The fourth-order valence-corrected chi connectivity index (χ4v) is 2.88. The highest BCUT2D eigenvalue weighted by molar-refractivity contribution is 5.62. The van der Waals surface area contributed by atoms with Crippen LogP contribution in [0.5, 0.6) is 5.75 Å². The summed E-state index contributed by atoms with van der Waals surface area (Å²) in [4.78, 5) is 10.7. The zero-order valence-electron chi connectivity index (χ0n) is 11.5. The Hall–Kier alpha value is -2.56. The Labute approximate surface area is 122 Å². The van der Waals surface area contributed by atoms with Gasteiger partial charge < -0.3 is 10.4 Å². The van der Waals surface area contributed by atoms with Crippen molar-refractivity contribution < 1.29 is 10.0 Å². The number of aryl methyl sites for hydroxylation is 1. The van der Waals surface area contributed by atoms with Crippen molar-refractivity contribution in [1.29, 1.82) is 0 Å². The highest BCUT2D eigenvalue weighted by Crippen LogP contribution is 2.36. The number of para-hydroxylation sites is 2. The molecule has 0 aliphatic heterocycles. The lowest BCUT2D eigenvalue weighted by Crippen LogP contribution is -2.17. The number of benzene rings is 2. The fraction of sp³-hybridized carbons (Fsp3) is 0.250. The number of fused-ring (bicyclic) bond motifs is 1. The van der Waals surface area contributed by atoms with Crippen LogP contribution in [-0.2, 0) is 6.42 Å². The molecule has 1 atom stereocenters. The molecule has 1 aliphatic carbocycles. The lowest BCUT2D eigenvalue weighted by Gasteiger charge is -2.27. The summed E-state index contributed by atoms with van der Waals surface area (Å²) in [5, 5.41) is 24.0. The first kappa shape index (κ1) is 13.4. The molecule has 1 aliphatic rings. The molecule has 0 fully saturated rings. The minimum atomic E-state index is -0.380. The first-order chi connectivity index (χ1) is 10.1. The fourth-order valence-electron chi connectivity index (χ4n) is 2.88. The normalized spacial score (nSPS) is 17.0. The van der Waals surface area contributed by atoms with E-state index in [0.29, 0.717) is 5.69 Å². The summed E-state index contributed by atoms with van der Waals surface area (Å²) in [6.45, 7) is 0. The zero-order chi connectivity index (χ0) is 14.8. The smallest absolute Gasteiger partial charge is 0.292 e. The van der Waals surface area contributed by atoms with Gasteiger partial charge in [-0.05, 0) is 48.6 Å². The number of nitrogens with zero attached hydrogens (tertiary/aromatic N) is 1. The molecule has 2 aromatic carbocycles. The molecule has 1 unspecified atom stereocenters. The number of nitrogens with one attached hydrogen (secondary N) is 1. The summed E-state index contributed by atoms with van der Waals surface area (Å²) >= 11 is 0. The lowest BCUT2D eigenvalue weighted by atomic mass is 9.87. The van der Waals surface area contributed by atoms with Gasteiger partial charge >= 0.3 is 0 Å². The monoisotopic (exact) mass is 284 g/mol. The van der Waals surface area contributed by atoms with Gasteiger partial charge in [-0.25, -0.2) is 0 Å². The van der Waals surface area contributed by atoms with E-state index >= 15 is 0 Å². The second kappa shape index (κ2) is 5.44. The number of nitro benzene ring substituents is 1. The topological polar surface area (TPSA) is 75.4 Å². The molecule has 0 aromatic heterocycles. The molecule has 0 saturated carbocycles. The Balaban J connectivity index is 1.94. The molecule has 5 nitrogen and oxygen atoms in total. The maximum absolute atomic E-state index is 11.1. The van der Waals surface area contributed by atoms with E-state index < -0.39 is 0 Å². The van der Waals surface area contributed by atoms with Crippen LogP contribution in [0, 0.1) is 10.1 Å². The van der Waals surface area contributed by atoms with Crippen LogP contribution in [0.1, 0.15) is 30.0 Å². The molecule has 21 heavy (non-hydrogen) atoms. The summed E-state index contributed by atoms with van der Waals surface area (Å²) < 4.78 is 0. The van der Waals surface area contributed by atoms with Gasteiger partial charge in [-0.3, -0.25) is 10.1 Å². The molecule has 0 spiro atoms. The maximum Gasteiger partial charge on any atom is 0.292 e. The number of aromatic hydroxyl groups is 1. The van der Waals surface area contributed by atoms with E-state index in [1.54, 1.807) is 30.3 Å². The van der Waals surface area contributed by atoms with Crippen LogP contribution in [0.15, 0.2) is 42.5 Å². The van der Waals surface area contributed by atoms with Gasteiger partial charge in [0.15, 0.2) is 0 Å².